The van der Waals surface area contributed by atoms with Gasteiger partial charge in [-0.25, -0.2) is 4.79 Å². The van der Waals surface area contributed by atoms with Crippen LogP contribution in [0, 0.1) is 0 Å². The van der Waals surface area contributed by atoms with Crippen molar-refractivity contribution in [2.24, 2.45) is 0 Å². The second-order valence-corrected chi connectivity index (χ2v) is 4.85. The van der Waals surface area contributed by atoms with Crippen LogP contribution in [0.3, 0.4) is 0 Å². The number of carboxylic acids is 1. The van der Waals surface area contributed by atoms with E-state index in [1.54, 1.807) is 12.1 Å². The van der Waals surface area contributed by atoms with Gasteiger partial charge in [-0.2, -0.15) is 0 Å². The van der Waals surface area contributed by atoms with Crippen molar-refractivity contribution < 1.29 is 19.4 Å². The van der Waals surface area contributed by atoms with Gasteiger partial charge in [-0.05, 0) is 31.0 Å². The van der Waals surface area contributed by atoms with Crippen LogP contribution in [0.5, 0.6) is 5.75 Å². The van der Waals surface area contributed by atoms with Gasteiger partial charge in [-0.1, -0.05) is 31.9 Å². The summed E-state index contributed by atoms with van der Waals surface area (Å²) < 4.78 is 5.33. The van der Waals surface area contributed by atoms with Gasteiger partial charge in [0.25, 0.3) is 0 Å². The zero-order valence-electron chi connectivity index (χ0n) is 12.6. The van der Waals surface area contributed by atoms with E-state index < -0.39 is 12.0 Å². The first-order valence-electron chi connectivity index (χ1n) is 7.30. The number of aliphatic carboxylic acids is 1. The average molecular weight is 293 g/mol. The van der Waals surface area contributed by atoms with Crippen molar-refractivity contribution in [2.75, 3.05) is 6.61 Å². The van der Waals surface area contributed by atoms with E-state index in [0.29, 0.717) is 13.0 Å². The lowest BCUT2D eigenvalue weighted by Gasteiger charge is -2.14. The Morgan fingerprint density at radius 3 is 2.43 bits per heavy atom. The molecule has 0 aromatic heterocycles. The minimum absolute atomic E-state index is 0.169. The topological polar surface area (TPSA) is 75.6 Å². The molecule has 0 aliphatic heterocycles. The Morgan fingerprint density at radius 2 is 1.90 bits per heavy atom. The van der Waals surface area contributed by atoms with Crippen LogP contribution in [0.15, 0.2) is 24.3 Å². The molecule has 1 rings (SSSR count). The molecule has 0 spiro atoms. The maximum Gasteiger partial charge on any atom is 0.326 e. The van der Waals surface area contributed by atoms with Crippen molar-refractivity contribution >= 4 is 11.9 Å². The summed E-state index contributed by atoms with van der Waals surface area (Å²) in [7, 11) is 0. The molecule has 0 saturated carbocycles. The predicted molar refractivity (Wildman–Crippen MR) is 80.4 cm³/mol. The fourth-order valence-electron chi connectivity index (χ4n) is 1.97. The number of hydrogen-bond acceptors (Lipinski definition) is 3. The molecule has 0 bridgehead atoms. The molecular weight excluding hydrogens is 270 g/mol. The van der Waals surface area contributed by atoms with Crippen LogP contribution in [-0.4, -0.2) is 29.6 Å². The third-order valence-electron chi connectivity index (χ3n) is 3.08. The molecular formula is C16H23NO4. The van der Waals surface area contributed by atoms with E-state index in [9.17, 15) is 9.59 Å². The highest BCUT2D eigenvalue weighted by molar-refractivity contribution is 5.84. The van der Waals surface area contributed by atoms with Gasteiger partial charge < -0.3 is 15.2 Å². The largest absolute Gasteiger partial charge is 0.494 e. The standard InChI is InChI=1S/C16H23NO4/c1-3-5-6-14(16(19)20)17-15(18)11-12-7-9-13(10-8-12)21-4-2/h7-10,14H,3-6,11H2,1-2H3,(H,17,18)(H,19,20). The predicted octanol–water partition coefficient (Wildman–Crippen LogP) is 2.39. The van der Waals surface area contributed by atoms with Crippen molar-refractivity contribution in [2.45, 2.75) is 45.6 Å². The molecule has 1 atom stereocenters. The number of rotatable bonds is 9. The van der Waals surface area contributed by atoms with Crippen LogP contribution >= 0.6 is 0 Å². The number of nitrogens with one attached hydrogen (secondary N) is 1. The van der Waals surface area contributed by atoms with Crippen molar-refractivity contribution in [3.63, 3.8) is 0 Å². The van der Waals surface area contributed by atoms with Gasteiger partial charge in [0.2, 0.25) is 5.91 Å². The summed E-state index contributed by atoms with van der Waals surface area (Å²) in [5.74, 6) is -0.501. The normalized spacial score (nSPS) is 11.7. The molecule has 5 nitrogen and oxygen atoms in total. The summed E-state index contributed by atoms with van der Waals surface area (Å²) in [5.41, 5.74) is 0.829. The lowest BCUT2D eigenvalue weighted by atomic mass is 10.1. The molecule has 5 heteroatoms. The number of carbonyl (C=O) groups is 2. The van der Waals surface area contributed by atoms with Crippen LogP contribution in [-0.2, 0) is 16.0 Å². The summed E-state index contributed by atoms with van der Waals surface area (Å²) >= 11 is 0. The first-order valence-corrected chi connectivity index (χ1v) is 7.30. The fourth-order valence-corrected chi connectivity index (χ4v) is 1.97. The zero-order chi connectivity index (χ0) is 15.7. The first kappa shape index (κ1) is 17.0. The van der Waals surface area contributed by atoms with Gasteiger partial charge in [0.05, 0.1) is 13.0 Å². The minimum atomic E-state index is -0.983. The van der Waals surface area contributed by atoms with Gasteiger partial charge in [0, 0.05) is 0 Å². The smallest absolute Gasteiger partial charge is 0.326 e. The van der Waals surface area contributed by atoms with E-state index in [0.717, 1.165) is 24.2 Å². The molecule has 0 radical (unpaired) electrons. The number of ether oxygens (including phenoxy) is 1. The summed E-state index contributed by atoms with van der Waals surface area (Å²) in [6.07, 6.45) is 2.31. The molecule has 1 aromatic rings. The lowest BCUT2D eigenvalue weighted by molar-refractivity contribution is -0.142. The third-order valence-corrected chi connectivity index (χ3v) is 3.08. The monoisotopic (exact) mass is 293 g/mol. The van der Waals surface area contributed by atoms with Gasteiger partial charge in [0.1, 0.15) is 11.8 Å². The highest BCUT2D eigenvalue weighted by Crippen LogP contribution is 2.12. The Kier molecular flexibility index (Phi) is 7.29. The van der Waals surface area contributed by atoms with Crippen molar-refractivity contribution in [3.8, 4) is 5.75 Å². The van der Waals surface area contributed by atoms with Crippen LogP contribution < -0.4 is 10.1 Å². The van der Waals surface area contributed by atoms with Crippen LogP contribution in [0.2, 0.25) is 0 Å². The van der Waals surface area contributed by atoms with Gasteiger partial charge in [0.15, 0.2) is 0 Å². The lowest BCUT2D eigenvalue weighted by Crippen LogP contribution is -2.41. The molecule has 116 valence electrons. The highest BCUT2D eigenvalue weighted by Gasteiger charge is 2.19. The maximum absolute atomic E-state index is 11.9. The SMILES string of the molecule is CCCCC(NC(=O)Cc1ccc(OCC)cc1)C(=O)O. The molecule has 0 aliphatic carbocycles. The summed E-state index contributed by atoms with van der Waals surface area (Å²) in [6.45, 7) is 4.49. The maximum atomic E-state index is 11.9. The molecule has 1 amide bonds. The third kappa shape index (κ3) is 6.29. The molecule has 21 heavy (non-hydrogen) atoms. The number of hydrogen-bond donors (Lipinski definition) is 2. The van der Waals surface area contributed by atoms with Crippen LogP contribution in [0.4, 0.5) is 0 Å². The number of unbranched alkanes of at least 4 members (excludes halogenated alkanes) is 1. The Morgan fingerprint density at radius 1 is 1.24 bits per heavy atom. The van der Waals surface area contributed by atoms with Gasteiger partial charge in [-0.3, -0.25) is 4.79 Å². The van der Waals surface area contributed by atoms with E-state index in [1.807, 2.05) is 26.0 Å². The molecule has 0 saturated heterocycles. The van der Waals surface area contributed by atoms with Gasteiger partial charge in [-0.15, -0.1) is 0 Å². The van der Waals surface area contributed by atoms with Crippen LogP contribution in [0.1, 0.15) is 38.7 Å². The van der Waals surface area contributed by atoms with Crippen molar-refractivity contribution in [3.05, 3.63) is 29.8 Å². The molecule has 0 heterocycles. The van der Waals surface area contributed by atoms with E-state index in [-0.39, 0.29) is 12.3 Å². The summed E-state index contributed by atoms with van der Waals surface area (Å²) in [6, 6.07) is 6.43. The minimum Gasteiger partial charge on any atom is -0.494 e. The molecule has 0 aliphatic rings. The Hall–Kier alpha value is -2.04. The van der Waals surface area contributed by atoms with Crippen molar-refractivity contribution in [1.29, 1.82) is 0 Å². The quantitative estimate of drug-likeness (QED) is 0.733. The number of carbonyl (C=O) groups excluding carboxylic acids is 1. The number of carboxylic acid groups (broad SMARTS) is 1. The van der Waals surface area contributed by atoms with E-state index >= 15 is 0 Å². The Balaban J connectivity index is 2.52. The Bertz CT molecular complexity index is 456. The molecule has 2 N–H and O–H groups in total. The number of amides is 1. The highest BCUT2D eigenvalue weighted by atomic mass is 16.5. The first-order chi connectivity index (χ1) is 10.1. The Labute approximate surface area is 125 Å². The van der Waals surface area contributed by atoms with Crippen LogP contribution in [0.25, 0.3) is 0 Å². The van der Waals surface area contributed by atoms with E-state index in [2.05, 4.69) is 5.32 Å². The van der Waals surface area contributed by atoms with Crippen molar-refractivity contribution in [1.82, 2.24) is 5.32 Å². The number of benzene rings is 1. The van der Waals surface area contributed by atoms with E-state index in [4.69, 9.17) is 9.84 Å². The summed E-state index contributed by atoms with van der Waals surface area (Å²) in [4.78, 5) is 23.0. The van der Waals surface area contributed by atoms with Gasteiger partial charge >= 0.3 is 5.97 Å². The second kappa shape index (κ2) is 9.00. The molecule has 1 unspecified atom stereocenters. The fraction of sp³-hybridized carbons (Fsp3) is 0.500. The zero-order valence-corrected chi connectivity index (χ0v) is 12.6. The molecule has 1 aromatic carbocycles. The average Bonchev–Trinajstić information content (AvgIpc) is 2.45. The second-order valence-electron chi connectivity index (χ2n) is 4.85. The van der Waals surface area contributed by atoms with E-state index in [1.165, 1.54) is 0 Å². The molecule has 0 fully saturated rings. The summed E-state index contributed by atoms with van der Waals surface area (Å²) in [5, 5.41) is 11.6.